The van der Waals surface area contributed by atoms with Gasteiger partial charge < -0.3 is 9.47 Å². The largest absolute Gasteiger partial charge is 0.310 e. The number of rotatable bonds is 9. The second-order valence-corrected chi connectivity index (χ2v) is 16.9. The summed E-state index contributed by atoms with van der Waals surface area (Å²) in [6.45, 7) is 0. The number of hydrogen-bond acceptors (Lipinski definition) is 1. The molecule has 2 nitrogen and oxygen atoms in total. The first-order valence-corrected chi connectivity index (χ1v) is 22.7. The molecule has 1 heterocycles. The summed E-state index contributed by atoms with van der Waals surface area (Å²) in [6, 6.07) is 97.0. The Kier molecular flexibility index (Phi) is 9.89. The van der Waals surface area contributed by atoms with Crippen LogP contribution in [0.4, 0.5) is 17.1 Å². The molecule has 310 valence electrons. The van der Waals surface area contributed by atoms with Gasteiger partial charge in [-0.1, -0.05) is 212 Å². The summed E-state index contributed by atoms with van der Waals surface area (Å²) < 4.78 is 2.44. The molecule has 0 aliphatic rings. The van der Waals surface area contributed by atoms with E-state index in [4.69, 9.17) is 0 Å². The zero-order chi connectivity index (χ0) is 43.8. The Bertz CT molecular complexity index is 3630. The van der Waals surface area contributed by atoms with Gasteiger partial charge in [-0.3, -0.25) is 0 Å². The van der Waals surface area contributed by atoms with Gasteiger partial charge in [0, 0.05) is 33.3 Å². The fourth-order valence-corrected chi connectivity index (χ4v) is 9.94. The van der Waals surface area contributed by atoms with E-state index in [9.17, 15) is 0 Å². The minimum atomic E-state index is 1.07. The van der Waals surface area contributed by atoms with Crippen molar-refractivity contribution in [2.75, 3.05) is 4.90 Å². The molecule has 11 aromatic carbocycles. The SMILES string of the molecule is c1ccc(-c2ccc(N(c3ccc(-c4cccc(-n5c6ccccc6c6ccccc65)c4-c4ccccc4)cc3)c3ccccc3-c3ccc4ccccc4c3)cc2-c2ccccc2)cc1. The maximum absolute atomic E-state index is 2.44. The van der Waals surface area contributed by atoms with E-state index in [2.05, 4.69) is 276 Å². The molecular weight excluding hydrogens is 797 g/mol. The Hall–Kier alpha value is -8.72. The highest BCUT2D eigenvalue weighted by Crippen LogP contribution is 2.46. The van der Waals surface area contributed by atoms with E-state index >= 15 is 0 Å². The summed E-state index contributed by atoms with van der Waals surface area (Å²) in [5.74, 6) is 0. The molecule has 2 heteroatoms. The highest BCUT2D eigenvalue weighted by atomic mass is 15.1. The van der Waals surface area contributed by atoms with Crippen molar-refractivity contribution >= 4 is 49.6 Å². The van der Waals surface area contributed by atoms with Gasteiger partial charge in [0.15, 0.2) is 0 Å². The van der Waals surface area contributed by atoms with Gasteiger partial charge in [-0.05, 0) is 110 Å². The van der Waals surface area contributed by atoms with E-state index in [0.717, 1.165) is 33.9 Å². The van der Waals surface area contributed by atoms with Crippen LogP contribution in [0.1, 0.15) is 0 Å². The monoisotopic (exact) mass is 840 g/mol. The van der Waals surface area contributed by atoms with Gasteiger partial charge in [0.25, 0.3) is 0 Å². The fraction of sp³-hybridized carbons (Fsp3) is 0. The smallest absolute Gasteiger partial charge is 0.0546 e. The molecule has 0 N–H and O–H groups in total. The van der Waals surface area contributed by atoms with Crippen LogP contribution in [0, 0.1) is 0 Å². The quantitative estimate of drug-likeness (QED) is 0.141. The number of anilines is 3. The molecule has 66 heavy (non-hydrogen) atoms. The van der Waals surface area contributed by atoms with Crippen LogP contribution in [0.5, 0.6) is 0 Å². The molecule has 1 aromatic heterocycles. The van der Waals surface area contributed by atoms with Crippen molar-refractivity contribution in [3.8, 4) is 61.3 Å². The van der Waals surface area contributed by atoms with Crippen LogP contribution in [0.25, 0.3) is 93.9 Å². The molecule has 12 aromatic rings. The Morgan fingerprint density at radius 1 is 0.273 bits per heavy atom. The van der Waals surface area contributed by atoms with Gasteiger partial charge in [-0.15, -0.1) is 0 Å². The molecule has 12 rings (SSSR count). The Labute approximate surface area is 385 Å². The van der Waals surface area contributed by atoms with Crippen molar-refractivity contribution in [3.63, 3.8) is 0 Å². The molecule has 0 aliphatic carbocycles. The maximum atomic E-state index is 2.44. The number of benzene rings is 11. The first-order chi connectivity index (χ1) is 32.8. The minimum absolute atomic E-state index is 1.07. The van der Waals surface area contributed by atoms with Crippen molar-refractivity contribution < 1.29 is 0 Å². The zero-order valence-corrected chi connectivity index (χ0v) is 36.3. The molecule has 0 atom stereocenters. The van der Waals surface area contributed by atoms with E-state index in [1.54, 1.807) is 0 Å². The third kappa shape index (κ3) is 6.93. The van der Waals surface area contributed by atoms with Crippen LogP contribution < -0.4 is 4.90 Å². The summed E-state index contributed by atoms with van der Waals surface area (Å²) >= 11 is 0. The second kappa shape index (κ2) is 16.8. The molecule has 0 bridgehead atoms. The number of nitrogens with zero attached hydrogens (tertiary/aromatic N) is 2. The highest BCUT2D eigenvalue weighted by molar-refractivity contribution is 6.10. The molecular formula is C64H44N2. The van der Waals surface area contributed by atoms with Crippen molar-refractivity contribution in [1.82, 2.24) is 4.57 Å². The number of hydrogen-bond donors (Lipinski definition) is 0. The predicted octanol–water partition coefficient (Wildman–Crippen LogP) is 17.7. The van der Waals surface area contributed by atoms with Gasteiger partial charge in [0.05, 0.1) is 22.4 Å². The van der Waals surface area contributed by atoms with Crippen molar-refractivity contribution in [2.45, 2.75) is 0 Å². The van der Waals surface area contributed by atoms with E-state index in [-0.39, 0.29) is 0 Å². The van der Waals surface area contributed by atoms with Crippen LogP contribution in [0.2, 0.25) is 0 Å². The molecule has 0 aliphatic heterocycles. The third-order valence-electron chi connectivity index (χ3n) is 13.0. The molecule has 0 saturated heterocycles. The molecule has 0 radical (unpaired) electrons. The van der Waals surface area contributed by atoms with E-state index in [1.165, 1.54) is 77.1 Å². The number of aromatic nitrogens is 1. The second-order valence-electron chi connectivity index (χ2n) is 16.9. The molecule has 0 spiro atoms. The molecule has 0 unspecified atom stereocenters. The van der Waals surface area contributed by atoms with Gasteiger partial charge in [-0.25, -0.2) is 0 Å². The minimum Gasteiger partial charge on any atom is -0.310 e. The summed E-state index contributed by atoms with van der Waals surface area (Å²) in [6.07, 6.45) is 0. The topological polar surface area (TPSA) is 8.17 Å². The van der Waals surface area contributed by atoms with Crippen LogP contribution >= 0.6 is 0 Å². The van der Waals surface area contributed by atoms with E-state index in [0.29, 0.717) is 0 Å². The standard InChI is InChI=1S/C64H44N2/c1-4-20-46(21-5-1)54-42-41-53(44-59(54)47-22-6-2-7-23-47)65(60-31-15-12-27-55(60)51-36-35-45-19-10-11-26-50(45)43-51)52-39-37-48(38-40-52)56-30-18-34-63(64(56)49-24-8-3-9-25-49)66-61-32-16-13-28-57(61)58-29-14-17-33-62(58)66/h1-44H. The van der Waals surface area contributed by atoms with Gasteiger partial charge in [-0.2, -0.15) is 0 Å². The lowest BCUT2D eigenvalue weighted by Crippen LogP contribution is -2.11. The predicted molar refractivity (Wildman–Crippen MR) is 280 cm³/mol. The Morgan fingerprint density at radius 3 is 1.48 bits per heavy atom. The van der Waals surface area contributed by atoms with Crippen molar-refractivity contribution in [3.05, 3.63) is 267 Å². The lowest BCUT2D eigenvalue weighted by atomic mass is 9.92. The first-order valence-electron chi connectivity index (χ1n) is 22.7. The van der Waals surface area contributed by atoms with Crippen molar-refractivity contribution in [1.29, 1.82) is 0 Å². The van der Waals surface area contributed by atoms with Crippen LogP contribution in [-0.4, -0.2) is 4.57 Å². The maximum Gasteiger partial charge on any atom is 0.0546 e. The average Bonchev–Trinajstić information content (AvgIpc) is 3.74. The number of fused-ring (bicyclic) bond motifs is 4. The summed E-state index contributed by atoms with van der Waals surface area (Å²) in [7, 11) is 0. The van der Waals surface area contributed by atoms with Gasteiger partial charge in [0.1, 0.15) is 0 Å². The van der Waals surface area contributed by atoms with Crippen LogP contribution in [-0.2, 0) is 0 Å². The average molecular weight is 841 g/mol. The number of para-hydroxylation sites is 3. The van der Waals surface area contributed by atoms with E-state index in [1.807, 2.05) is 0 Å². The Balaban J connectivity index is 1.06. The first kappa shape index (κ1) is 38.9. The van der Waals surface area contributed by atoms with Gasteiger partial charge in [0.2, 0.25) is 0 Å². The molecule has 0 fully saturated rings. The zero-order valence-electron chi connectivity index (χ0n) is 36.3. The third-order valence-corrected chi connectivity index (χ3v) is 13.0. The van der Waals surface area contributed by atoms with Crippen LogP contribution in [0.15, 0.2) is 267 Å². The lowest BCUT2D eigenvalue weighted by Gasteiger charge is -2.29. The Morgan fingerprint density at radius 2 is 0.788 bits per heavy atom. The van der Waals surface area contributed by atoms with E-state index < -0.39 is 0 Å². The molecule has 0 saturated carbocycles. The summed E-state index contributed by atoms with van der Waals surface area (Å²) in [5.41, 5.74) is 18.5. The lowest BCUT2D eigenvalue weighted by molar-refractivity contribution is 1.18. The van der Waals surface area contributed by atoms with Crippen LogP contribution in [0.3, 0.4) is 0 Å². The van der Waals surface area contributed by atoms with Crippen molar-refractivity contribution in [2.24, 2.45) is 0 Å². The molecule has 0 amide bonds. The van der Waals surface area contributed by atoms with Gasteiger partial charge >= 0.3 is 0 Å². The fourth-order valence-electron chi connectivity index (χ4n) is 9.94. The summed E-state index contributed by atoms with van der Waals surface area (Å²) in [5, 5.41) is 4.94. The normalized spacial score (nSPS) is 11.3. The highest BCUT2D eigenvalue weighted by Gasteiger charge is 2.22. The summed E-state index contributed by atoms with van der Waals surface area (Å²) in [4.78, 5) is 2.43.